The summed E-state index contributed by atoms with van der Waals surface area (Å²) in [6.07, 6.45) is -2.03. The Morgan fingerprint density at radius 3 is 2.54 bits per heavy atom. The number of amides is 2. The van der Waals surface area contributed by atoms with Crippen molar-refractivity contribution in [3.8, 4) is 0 Å². The first kappa shape index (κ1) is 17.1. The molecule has 1 aliphatic heterocycles. The van der Waals surface area contributed by atoms with Crippen molar-refractivity contribution in [3.05, 3.63) is 34.6 Å². The maximum atomic E-state index is 14.1. The molecular weight excluding hydrogens is 345 g/mol. The van der Waals surface area contributed by atoms with E-state index < -0.39 is 36.0 Å². The Bertz CT molecular complexity index is 667. The zero-order chi connectivity index (χ0) is 17.4. The normalized spacial score (nSPS) is 29.2. The van der Waals surface area contributed by atoms with Crippen molar-refractivity contribution in [2.75, 3.05) is 13.1 Å². The van der Waals surface area contributed by atoms with E-state index in [1.54, 1.807) is 0 Å². The number of alkyl halides is 2. The van der Waals surface area contributed by atoms with Crippen molar-refractivity contribution in [2.24, 2.45) is 5.92 Å². The number of carbonyl (C=O) groups excluding carboxylic acids is 2. The molecule has 0 aromatic heterocycles. The van der Waals surface area contributed by atoms with Gasteiger partial charge in [-0.15, -0.1) is 0 Å². The predicted molar refractivity (Wildman–Crippen MR) is 81.8 cm³/mol. The van der Waals surface area contributed by atoms with Gasteiger partial charge in [0.2, 0.25) is 5.91 Å². The van der Waals surface area contributed by atoms with Crippen LogP contribution in [-0.4, -0.2) is 48.2 Å². The average molecular weight is 361 g/mol. The summed E-state index contributed by atoms with van der Waals surface area (Å²) in [6.45, 7) is -0.105. The molecule has 0 bridgehead atoms. The van der Waals surface area contributed by atoms with Crippen LogP contribution in [0.5, 0.6) is 0 Å². The number of likely N-dealkylation sites (tertiary alicyclic amines) is 1. The van der Waals surface area contributed by atoms with E-state index in [-0.39, 0.29) is 42.4 Å². The number of carbonyl (C=O) groups is 2. The Morgan fingerprint density at radius 1 is 1.21 bits per heavy atom. The molecule has 1 aromatic carbocycles. The molecule has 1 aliphatic carbocycles. The van der Waals surface area contributed by atoms with Gasteiger partial charge in [-0.25, -0.2) is 13.2 Å². The maximum absolute atomic E-state index is 14.1. The van der Waals surface area contributed by atoms with Gasteiger partial charge in [0.1, 0.15) is 18.2 Å². The fourth-order valence-electron chi connectivity index (χ4n) is 3.01. The fraction of sp³-hybridized carbons (Fsp3) is 0.500. The molecular formula is C16H16ClF3N2O2. The number of benzene rings is 1. The Balaban J connectivity index is 1.61. The van der Waals surface area contributed by atoms with Crippen molar-refractivity contribution >= 4 is 23.4 Å². The van der Waals surface area contributed by atoms with Crippen LogP contribution >= 0.6 is 11.6 Å². The molecule has 1 aromatic rings. The Labute approximate surface area is 142 Å². The largest absolute Gasteiger partial charge is 0.344 e. The molecule has 0 spiro atoms. The van der Waals surface area contributed by atoms with Gasteiger partial charge in [0.25, 0.3) is 5.91 Å². The number of halogens is 4. The molecule has 1 saturated carbocycles. The second-order valence-electron chi connectivity index (χ2n) is 6.23. The average Bonchev–Trinajstić information content (AvgIpc) is 2.84. The third-order valence-corrected chi connectivity index (χ3v) is 4.79. The minimum absolute atomic E-state index is 0.0258. The van der Waals surface area contributed by atoms with Gasteiger partial charge < -0.3 is 10.2 Å². The first-order valence-corrected chi connectivity index (χ1v) is 8.05. The Morgan fingerprint density at radius 2 is 1.92 bits per heavy atom. The summed E-state index contributed by atoms with van der Waals surface area (Å²) in [5, 5.41) is 2.41. The summed E-state index contributed by atoms with van der Waals surface area (Å²) in [6, 6.07) is 2.43. The summed E-state index contributed by atoms with van der Waals surface area (Å²) in [7, 11) is 0. The van der Waals surface area contributed by atoms with Gasteiger partial charge in [-0.1, -0.05) is 11.6 Å². The molecule has 4 nitrogen and oxygen atoms in total. The fourth-order valence-corrected chi connectivity index (χ4v) is 3.26. The van der Waals surface area contributed by atoms with Gasteiger partial charge in [0.15, 0.2) is 0 Å². The Hall–Kier alpha value is -1.76. The van der Waals surface area contributed by atoms with Gasteiger partial charge in [0, 0.05) is 12.5 Å². The van der Waals surface area contributed by atoms with Crippen LogP contribution in [0.1, 0.15) is 23.2 Å². The molecule has 0 unspecified atom stereocenters. The first-order chi connectivity index (χ1) is 11.3. The van der Waals surface area contributed by atoms with Crippen LogP contribution in [0.4, 0.5) is 13.2 Å². The maximum Gasteiger partial charge on any atom is 0.253 e. The van der Waals surface area contributed by atoms with E-state index in [9.17, 15) is 22.8 Å². The summed E-state index contributed by atoms with van der Waals surface area (Å²) < 4.78 is 40.0. The van der Waals surface area contributed by atoms with Crippen LogP contribution in [-0.2, 0) is 4.79 Å². The molecule has 1 saturated heterocycles. The molecule has 2 amide bonds. The number of nitrogens with zero attached hydrogens (tertiary/aromatic N) is 1. The number of rotatable bonds is 3. The van der Waals surface area contributed by atoms with Gasteiger partial charge in [0.05, 0.1) is 23.2 Å². The lowest BCUT2D eigenvalue weighted by Crippen LogP contribution is -2.44. The molecule has 0 radical (unpaired) electrons. The summed E-state index contributed by atoms with van der Waals surface area (Å²) in [5.74, 6) is -1.88. The molecule has 24 heavy (non-hydrogen) atoms. The minimum Gasteiger partial charge on any atom is -0.344 e. The minimum atomic E-state index is -1.42. The topological polar surface area (TPSA) is 49.4 Å². The number of hydrogen-bond acceptors (Lipinski definition) is 2. The van der Waals surface area contributed by atoms with Gasteiger partial charge in [-0.05, 0) is 31.0 Å². The van der Waals surface area contributed by atoms with Gasteiger partial charge in [-0.3, -0.25) is 9.59 Å². The monoisotopic (exact) mass is 360 g/mol. The molecule has 3 rings (SSSR count). The lowest BCUT2D eigenvalue weighted by molar-refractivity contribution is -0.139. The smallest absolute Gasteiger partial charge is 0.253 e. The van der Waals surface area contributed by atoms with E-state index in [1.807, 2.05) is 0 Å². The third kappa shape index (κ3) is 3.36. The van der Waals surface area contributed by atoms with Crippen molar-refractivity contribution in [1.82, 2.24) is 10.2 Å². The summed E-state index contributed by atoms with van der Waals surface area (Å²) in [4.78, 5) is 25.6. The highest BCUT2D eigenvalue weighted by atomic mass is 35.5. The van der Waals surface area contributed by atoms with Gasteiger partial charge >= 0.3 is 0 Å². The number of nitrogens with one attached hydrogen (secondary N) is 1. The highest BCUT2D eigenvalue weighted by Gasteiger charge is 2.42. The highest BCUT2D eigenvalue weighted by molar-refractivity contribution is 6.33. The lowest BCUT2D eigenvalue weighted by atomic mass is 9.82. The summed E-state index contributed by atoms with van der Waals surface area (Å²) >= 11 is 5.81. The second-order valence-corrected chi connectivity index (χ2v) is 6.64. The van der Waals surface area contributed by atoms with Crippen molar-refractivity contribution in [3.63, 3.8) is 0 Å². The van der Waals surface area contributed by atoms with Crippen molar-refractivity contribution in [2.45, 2.75) is 31.2 Å². The van der Waals surface area contributed by atoms with Crippen LogP contribution in [0.25, 0.3) is 0 Å². The van der Waals surface area contributed by atoms with Crippen molar-refractivity contribution in [1.29, 1.82) is 0 Å². The molecule has 8 heteroatoms. The highest BCUT2D eigenvalue weighted by Crippen LogP contribution is 2.32. The summed E-state index contributed by atoms with van der Waals surface area (Å²) in [5.41, 5.74) is 0.0364. The first-order valence-electron chi connectivity index (χ1n) is 7.68. The Kier molecular flexibility index (Phi) is 4.71. The van der Waals surface area contributed by atoms with Gasteiger partial charge in [-0.2, -0.15) is 0 Å². The second kappa shape index (κ2) is 6.63. The van der Waals surface area contributed by atoms with Crippen LogP contribution < -0.4 is 5.32 Å². The lowest BCUT2D eigenvalue weighted by Gasteiger charge is -2.31. The number of hydrogen-bond donors (Lipinski definition) is 1. The van der Waals surface area contributed by atoms with Crippen LogP contribution in [0.15, 0.2) is 18.2 Å². The van der Waals surface area contributed by atoms with E-state index in [0.717, 1.165) is 12.1 Å². The zero-order valence-electron chi connectivity index (χ0n) is 12.6. The third-order valence-electron chi connectivity index (χ3n) is 4.48. The molecule has 2 aliphatic rings. The quantitative estimate of drug-likeness (QED) is 0.900. The molecule has 130 valence electrons. The zero-order valence-corrected chi connectivity index (χ0v) is 13.4. The van der Waals surface area contributed by atoms with E-state index in [2.05, 4.69) is 5.32 Å². The van der Waals surface area contributed by atoms with Crippen LogP contribution in [0.3, 0.4) is 0 Å². The van der Waals surface area contributed by atoms with E-state index in [4.69, 9.17) is 11.6 Å². The molecule has 2 fully saturated rings. The van der Waals surface area contributed by atoms with E-state index in [1.165, 1.54) is 11.0 Å². The standard InChI is InChI=1S/C16H16ClF3N2O2/c17-12-5-9(18)1-2-11(12)15(23)21-14-7-22(6-13(14)20)16(24)8-3-10(19)4-8/h1-2,5,8,10,13-14H,3-4,6-7H2,(H,21,23)/t8?,10?,13-,14+/m0/s1. The predicted octanol–water partition coefficient (Wildman–Crippen LogP) is 2.51. The van der Waals surface area contributed by atoms with Crippen LogP contribution in [0, 0.1) is 11.7 Å². The molecule has 1 heterocycles. The van der Waals surface area contributed by atoms with Crippen LogP contribution in [0.2, 0.25) is 5.02 Å². The SMILES string of the molecule is O=C(N[C@@H]1CN(C(=O)C2CC(F)C2)C[C@@H]1F)c1ccc(F)cc1Cl. The van der Waals surface area contributed by atoms with Crippen molar-refractivity contribution < 1.29 is 22.8 Å². The molecule has 1 N–H and O–H groups in total. The molecule has 2 atom stereocenters. The van der Waals surface area contributed by atoms with E-state index in [0.29, 0.717) is 0 Å². The van der Waals surface area contributed by atoms with E-state index >= 15 is 0 Å².